The third kappa shape index (κ3) is 3.24. The van der Waals surface area contributed by atoms with Crippen LogP contribution in [0.3, 0.4) is 0 Å². The highest BCUT2D eigenvalue weighted by Gasteiger charge is 2.60. The first-order chi connectivity index (χ1) is 11.7. The monoisotopic (exact) mass is 446 g/mol. The van der Waals surface area contributed by atoms with Gasteiger partial charge < -0.3 is 0 Å². The molecule has 0 spiro atoms. The van der Waals surface area contributed by atoms with E-state index in [4.69, 9.17) is 11.6 Å². The lowest BCUT2D eigenvalue weighted by atomic mass is 9.49. The Hall–Kier alpha value is -0.630. The molecule has 0 radical (unpaired) electrons. The largest absolute Gasteiger partial charge is 0.277 e. The van der Waals surface area contributed by atoms with Crippen LogP contribution in [0.5, 0.6) is 0 Å². The summed E-state index contributed by atoms with van der Waals surface area (Å²) < 4.78 is 25.5. The van der Waals surface area contributed by atoms with Crippen molar-refractivity contribution in [3.8, 4) is 0 Å². The standard InChI is InChI=1S/C17H20BrClN2O3S/c18-13-1-3-14(4-2-13)25(23,24)21-20-15(22)16-6-11-5-12(7-16)9-17(19,8-11)10-16/h1-4,11-12,21H,5-10H2,(H,20,22)/t11-,12-,16?,17?/m1/s1. The maximum absolute atomic E-state index is 12.9. The number of nitrogens with one attached hydrogen (secondary N) is 2. The van der Waals surface area contributed by atoms with Gasteiger partial charge >= 0.3 is 0 Å². The first-order valence-electron chi connectivity index (χ1n) is 8.47. The molecule has 4 saturated carbocycles. The number of hydrazine groups is 1. The van der Waals surface area contributed by atoms with Crippen molar-refractivity contribution in [3.05, 3.63) is 28.7 Å². The van der Waals surface area contributed by atoms with Crippen molar-refractivity contribution in [1.29, 1.82) is 0 Å². The molecule has 25 heavy (non-hydrogen) atoms. The summed E-state index contributed by atoms with van der Waals surface area (Å²) in [5.74, 6) is 0.715. The third-order valence-corrected chi connectivity index (χ3v) is 8.13. The van der Waals surface area contributed by atoms with Crippen LogP contribution in [0.15, 0.2) is 33.6 Å². The lowest BCUT2D eigenvalue weighted by molar-refractivity contribution is -0.145. The van der Waals surface area contributed by atoms with Crippen molar-refractivity contribution in [2.45, 2.75) is 48.3 Å². The van der Waals surface area contributed by atoms with Gasteiger partial charge in [0.1, 0.15) is 0 Å². The molecule has 0 saturated heterocycles. The Morgan fingerprint density at radius 1 is 1.12 bits per heavy atom. The molecular weight excluding hydrogens is 428 g/mol. The second kappa shape index (κ2) is 5.94. The number of hydrogen-bond acceptors (Lipinski definition) is 3. The van der Waals surface area contributed by atoms with Crippen LogP contribution in [-0.2, 0) is 14.8 Å². The number of benzene rings is 1. The van der Waals surface area contributed by atoms with Gasteiger partial charge in [-0.25, -0.2) is 8.42 Å². The minimum Gasteiger partial charge on any atom is -0.277 e. The SMILES string of the molecule is O=C(NNS(=O)(=O)c1ccc(Br)cc1)C12C[C@H]3C[C@@H](CC(Cl)(C3)C1)C2. The molecule has 5 nitrogen and oxygen atoms in total. The molecule has 5 rings (SSSR count). The number of rotatable bonds is 4. The van der Waals surface area contributed by atoms with Gasteiger partial charge in [0, 0.05) is 9.35 Å². The molecule has 0 heterocycles. The number of alkyl halides is 1. The first kappa shape index (κ1) is 17.8. The van der Waals surface area contributed by atoms with E-state index in [1.165, 1.54) is 12.1 Å². The van der Waals surface area contributed by atoms with Crippen molar-refractivity contribution in [2.24, 2.45) is 17.3 Å². The molecule has 4 fully saturated rings. The summed E-state index contributed by atoms with van der Waals surface area (Å²) >= 11 is 10.0. The highest BCUT2D eigenvalue weighted by molar-refractivity contribution is 9.10. The van der Waals surface area contributed by atoms with Crippen molar-refractivity contribution >= 4 is 43.5 Å². The van der Waals surface area contributed by atoms with E-state index >= 15 is 0 Å². The fraction of sp³-hybridized carbons (Fsp3) is 0.588. The highest BCUT2D eigenvalue weighted by atomic mass is 79.9. The molecule has 2 N–H and O–H groups in total. The number of carbonyl (C=O) groups is 1. The molecular formula is C17H20BrClN2O3S. The highest BCUT2D eigenvalue weighted by Crippen LogP contribution is 2.63. The summed E-state index contributed by atoms with van der Waals surface area (Å²) in [6.07, 6.45) is 5.36. The molecule has 1 amide bonds. The van der Waals surface area contributed by atoms with E-state index in [1.807, 2.05) is 0 Å². The van der Waals surface area contributed by atoms with Crippen molar-refractivity contribution in [2.75, 3.05) is 0 Å². The Morgan fingerprint density at radius 2 is 1.72 bits per heavy atom. The maximum Gasteiger partial charge on any atom is 0.257 e. The first-order valence-corrected chi connectivity index (χ1v) is 11.1. The topological polar surface area (TPSA) is 75.3 Å². The zero-order valence-corrected chi connectivity index (χ0v) is 16.8. The minimum absolute atomic E-state index is 0.107. The molecule has 0 unspecified atom stereocenters. The lowest BCUT2D eigenvalue weighted by Gasteiger charge is -2.59. The van der Waals surface area contributed by atoms with Crippen LogP contribution in [0, 0.1) is 17.3 Å². The van der Waals surface area contributed by atoms with Gasteiger partial charge in [0.15, 0.2) is 0 Å². The molecule has 1 aromatic rings. The van der Waals surface area contributed by atoms with E-state index in [-0.39, 0.29) is 15.7 Å². The van der Waals surface area contributed by atoms with Crippen molar-refractivity contribution in [1.82, 2.24) is 10.3 Å². The molecule has 2 atom stereocenters. The molecule has 1 aromatic carbocycles. The Bertz CT molecular complexity index is 798. The minimum atomic E-state index is -3.79. The van der Waals surface area contributed by atoms with Crippen LogP contribution in [0.2, 0.25) is 0 Å². The van der Waals surface area contributed by atoms with Gasteiger partial charge in [-0.2, -0.15) is 0 Å². The van der Waals surface area contributed by atoms with Gasteiger partial charge in [0.05, 0.1) is 10.3 Å². The number of sulfonamides is 1. The van der Waals surface area contributed by atoms with Crippen LogP contribution >= 0.6 is 27.5 Å². The number of hydrogen-bond donors (Lipinski definition) is 2. The number of amides is 1. The normalized spacial score (nSPS) is 36.4. The average Bonchev–Trinajstić information content (AvgIpc) is 2.50. The van der Waals surface area contributed by atoms with Gasteiger partial charge in [-0.15, -0.1) is 16.4 Å². The number of halogens is 2. The zero-order valence-electron chi connectivity index (χ0n) is 13.6. The molecule has 8 heteroatoms. The van der Waals surface area contributed by atoms with Gasteiger partial charge in [-0.1, -0.05) is 15.9 Å². The molecule has 0 aromatic heterocycles. The maximum atomic E-state index is 12.9. The zero-order chi connectivity index (χ0) is 17.9. The third-order valence-electron chi connectivity index (χ3n) is 5.89. The summed E-state index contributed by atoms with van der Waals surface area (Å²) in [6.45, 7) is 0. The van der Waals surface area contributed by atoms with Crippen LogP contribution in [-0.4, -0.2) is 19.2 Å². The molecule has 4 bridgehead atoms. The fourth-order valence-electron chi connectivity index (χ4n) is 5.34. The Labute approximate surface area is 161 Å². The van der Waals surface area contributed by atoms with Crippen LogP contribution in [0.4, 0.5) is 0 Å². The average molecular weight is 448 g/mol. The van der Waals surface area contributed by atoms with Crippen LogP contribution < -0.4 is 10.3 Å². The van der Waals surface area contributed by atoms with Crippen LogP contribution in [0.1, 0.15) is 38.5 Å². The molecule has 0 aliphatic heterocycles. The Balaban J connectivity index is 1.48. The summed E-state index contributed by atoms with van der Waals surface area (Å²) in [6, 6.07) is 6.26. The van der Waals surface area contributed by atoms with E-state index < -0.39 is 15.4 Å². The van der Waals surface area contributed by atoms with Crippen molar-refractivity contribution in [3.63, 3.8) is 0 Å². The van der Waals surface area contributed by atoms with Gasteiger partial charge in [0.2, 0.25) is 5.91 Å². The predicted octanol–water partition coefficient (Wildman–Crippen LogP) is 3.34. The lowest BCUT2D eigenvalue weighted by Crippen LogP contribution is -2.60. The van der Waals surface area contributed by atoms with E-state index in [9.17, 15) is 13.2 Å². The predicted molar refractivity (Wildman–Crippen MR) is 98.3 cm³/mol. The Kier molecular flexibility index (Phi) is 4.22. The Morgan fingerprint density at radius 3 is 2.28 bits per heavy atom. The molecule has 136 valence electrons. The summed E-state index contributed by atoms with van der Waals surface area (Å²) in [5.41, 5.74) is 1.93. The second-order valence-corrected chi connectivity index (χ2v) is 11.3. The fourth-order valence-corrected chi connectivity index (χ4v) is 7.13. The summed E-state index contributed by atoms with van der Waals surface area (Å²) in [5, 5.41) is 0. The molecule has 4 aliphatic rings. The number of carbonyl (C=O) groups excluding carboxylic acids is 1. The second-order valence-electron chi connectivity index (χ2n) is 7.91. The van der Waals surface area contributed by atoms with Crippen LogP contribution in [0.25, 0.3) is 0 Å². The summed E-state index contributed by atoms with van der Waals surface area (Å²) in [7, 11) is -3.79. The van der Waals surface area contributed by atoms with Gasteiger partial charge in [-0.05, 0) is 74.6 Å². The quantitative estimate of drug-likeness (QED) is 0.549. The van der Waals surface area contributed by atoms with E-state index in [1.54, 1.807) is 12.1 Å². The smallest absolute Gasteiger partial charge is 0.257 e. The van der Waals surface area contributed by atoms with E-state index in [0.29, 0.717) is 18.3 Å². The molecule has 4 aliphatic carbocycles. The van der Waals surface area contributed by atoms with Gasteiger partial charge in [-0.3, -0.25) is 10.2 Å². The van der Waals surface area contributed by atoms with E-state index in [0.717, 1.165) is 36.6 Å². The van der Waals surface area contributed by atoms with E-state index in [2.05, 4.69) is 26.2 Å². The summed E-state index contributed by atoms with van der Waals surface area (Å²) in [4.78, 5) is 14.9. The van der Waals surface area contributed by atoms with Gasteiger partial charge in [0.25, 0.3) is 10.0 Å². The van der Waals surface area contributed by atoms with Crippen molar-refractivity contribution < 1.29 is 13.2 Å².